The minimum absolute atomic E-state index is 0.0239. The van der Waals surface area contributed by atoms with Gasteiger partial charge in [-0.05, 0) is 6.42 Å². The van der Waals surface area contributed by atoms with Gasteiger partial charge in [0.1, 0.15) is 0 Å². The average Bonchev–Trinajstić information content (AvgIpc) is 1.82. The molecule has 9 heavy (non-hydrogen) atoms. The van der Waals surface area contributed by atoms with E-state index in [2.05, 4.69) is 5.32 Å². The maximum Gasteiger partial charge on any atom is 0.217 e. The summed E-state index contributed by atoms with van der Waals surface area (Å²) in [4.78, 5) is 10.3. The van der Waals surface area contributed by atoms with Gasteiger partial charge in [-0.25, -0.2) is 0 Å². The van der Waals surface area contributed by atoms with Gasteiger partial charge in [-0.2, -0.15) is 0 Å². The Morgan fingerprint density at radius 3 is 2.44 bits per heavy atom. The third-order valence-electron chi connectivity index (χ3n) is 1.12. The molecule has 0 aliphatic carbocycles. The molecule has 0 aliphatic rings. The molecule has 3 heteroatoms. The zero-order valence-corrected chi connectivity index (χ0v) is 5.85. The Bertz CT molecular complexity index is 89.1. The van der Waals surface area contributed by atoms with Gasteiger partial charge in [0.25, 0.3) is 0 Å². The molecule has 2 N–H and O–H groups in total. The van der Waals surface area contributed by atoms with Gasteiger partial charge in [0, 0.05) is 6.92 Å². The largest absolute Gasteiger partial charge is 0.394 e. The molecule has 3 nitrogen and oxygen atoms in total. The predicted molar refractivity (Wildman–Crippen MR) is 35.0 cm³/mol. The summed E-state index contributed by atoms with van der Waals surface area (Å²) in [6.07, 6.45) is 0.774. The number of amides is 1. The van der Waals surface area contributed by atoms with Crippen LogP contribution in [0.4, 0.5) is 0 Å². The standard InChI is InChI=1S/C6H13NO2/c1-3-6(4-8)7-5(2)9/h6,8H,3-4H2,1-2H3,(H,7,9). The van der Waals surface area contributed by atoms with Gasteiger partial charge in [-0.3, -0.25) is 4.79 Å². The van der Waals surface area contributed by atoms with Crippen LogP contribution in [0.3, 0.4) is 0 Å². The van der Waals surface area contributed by atoms with Crippen LogP contribution in [0.2, 0.25) is 0 Å². The van der Waals surface area contributed by atoms with Crippen molar-refractivity contribution in [3.05, 3.63) is 0 Å². The Balaban J connectivity index is 3.43. The van der Waals surface area contributed by atoms with Crippen molar-refractivity contribution in [2.45, 2.75) is 26.3 Å². The summed E-state index contributed by atoms with van der Waals surface area (Å²) in [6, 6.07) is -0.0671. The second kappa shape index (κ2) is 4.32. The van der Waals surface area contributed by atoms with Gasteiger partial charge >= 0.3 is 0 Å². The number of aliphatic hydroxyl groups excluding tert-OH is 1. The van der Waals surface area contributed by atoms with Gasteiger partial charge in [0.2, 0.25) is 5.91 Å². The lowest BCUT2D eigenvalue weighted by atomic mass is 10.2. The quantitative estimate of drug-likeness (QED) is 0.561. The third-order valence-corrected chi connectivity index (χ3v) is 1.12. The van der Waals surface area contributed by atoms with Crippen LogP contribution in [0.25, 0.3) is 0 Å². The molecule has 1 amide bonds. The summed E-state index contributed by atoms with van der Waals surface area (Å²) in [5.74, 6) is -0.0871. The Morgan fingerprint density at radius 2 is 2.33 bits per heavy atom. The number of hydrogen-bond acceptors (Lipinski definition) is 2. The van der Waals surface area contributed by atoms with Gasteiger partial charge < -0.3 is 10.4 Å². The Kier molecular flexibility index (Phi) is 4.05. The molecular weight excluding hydrogens is 118 g/mol. The lowest BCUT2D eigenvalue weighted by Gasteiger charge is -2.10. The number of hydrogen-bond donors (Lipinski definition) is 2. The maximum absolute atomic E-state index is 10.3. The van der Waals surface area contributed by atoms with E-state index in [9.17, 15) is 4.79 Å². The molecule has 0 heterocycles. The van der Waals surface area contributed by atoms with Crippen LogP contribution < -0.4 is 5.32 Å². The molecule has 0 saturated carbocycles. The zero-order chi connectivity index (χ0) is 7.28. The van der Waals surface area contributed by atoms with Crippen molar-refractivity contribution in [3.63, 3.8) is 0 Å². The first-order chi connectivity index (χ1) is 4.20. The number of carbonyl (C=O) groups is 1. The number of rotatable bonds is 3. The summed E-state index contributed by atoms with van der Waals surface area (Å²) in [5.41, 5.74) is 0. The minimum atomic E-state index is -0.0871. The van der Waals surface area contributed by atoms with Crippen molar-refractivity contribution in [1.29, 1.82) is 0 Å². The van der Waals surface area contributed by atoms with E-state index >= 15 is 0 Å². The molecule has 0 spiro atoms. The van der Waals surface area contributed by atoms with Crippen LogP contribution in [0.15, 0.2) is 0 Å². The van der Waals surface area contributed by atoms with E-state index in [4.69, 9.17) is 5.11 Å². The molecule has 0 aromatic rings. The van der Waals surface area contributed by atoms with E-state index in [1.165, 1.54) is 6.92 Å². The molecule has 54 valence electrons. The fourth-order valence-corrected chi connectivity index (χ4v) is 0.564. The van der Waals surface area contributed by atoms with E-state index in [-0.39, 0.29) is 18.6 Å². The van der Waals surface area contributed by atoms with E-state index in [0.717, 1.165) is 6.42 Å². The van der Waals surface area contributed by atoms with Gasteiger partial charge in [-0.15, -0.1) is 0 Å². The molecule has 0 fully saturated rings. The Morgan fingerprint density at radius 1 is 1.78 bits per heavy atom. The summed E-state index contributed by atoms with van der Waals surface area (Å²) in [7, 11) is 0. The van der Waals surface area contributed by atoms with Crippen LogP contribution >= 0.6 is 0 Å². The molecule has 0 aromatic carbocycles. The molecular formula is C6H13NO2. The first kappa shape index (κ1) is 8.43. The average molecular weight is 131 g/mol. The highest BCUT2D eigenvalue weighted by molar-refractivity contribution is 5.73. The monoisotopic (exact) mass is 131 g/mol. The molecule has 1 atom stereocenters. The molecule has 0 saturated heterocycles. The topological polar surface area (TPSA) is 49.3 Å². The number of nitrogens with one attached hydrogen (secondary N) is 1. The van der Waals surface area contributed by atoms with Crippen molar-refractivity contribution >= 4 is 5.91 Å². The first-order valence-corrected chi connectivity index (χ1v) is 3.08. The van der Waals surface area contributed by atoms with Gasteiger partial charge in [0.15, 0.2) is 0 Å². The van der Waals surface area contributed by atoms with Crippen molar-refractivity contribution in [2.24, 2.45) is 0 Å². The summed E-state index contributed by atoms with van der Waals surface area (Å²) < 4.78 is 0. The summed E-state index contributed by atoms with van der Waals surface area (Å²) >= 11 is 0. The number of carbonyl (C=O) groups excluding carboxylic acids is 1. The minimum Gasteiger partial charge on any atom is -0.394 e. The van der Waals surface area contributed by atoms with E-state index in [0.29, 0.717) is 0 Å². The maximum atomic E-state index is 10.3. The van der Waals surface area contributed by atoms with Crippen LogP contribution in [-0.4, -0.2) is 23.7 Å². The van der Waals surface area contributed by atoms with Crippen LogP contribution in [0.5, 0.6) is 0 Å². The van der Waals surface area contributed by atoms with Crippen LogP contribution in [-0.2, 0) is 4.79 Å². The smallest absolute Gasteiger partial charge is 0.217 e. The highest BCUT2D eigenvalue weighted by atomic mass is 16.3. The molecule has 1 unspecified atom stereocenters. The normalized spacial score (nSPS) is 12.8. The number of aliphatic hydroxyl groups is 1. The van der Waals surface area contributed by atoms with Crippen LogP contribution in [0, 0.1) is 0 Å². The molecule has 0 aliphatic heterocycles. The van der Waals surface area contributed by atoms with E-state index in [1.807, 2.05) is 6.92 Å². The second-order valence-electron chi connectivity index (χ2n) is 1.99. The highest BCUT2D eigenvalue weighted by Gasteiger charge is 2.03. The fraction of sp³-hybridized carbons (Fsp3) is 0.833. The highest BCUT2D eigenvalue weighted by Crippen LogP contribution is 1.86. The van der Waals surface area contributed by atoms with Crippen molar-refractivity contribution in [2.75, 3.05) is 6.61 Å². The van der Waals surface area contributed by atoms with Crippen molar-refractivity contribution < 1.29 is 9.90 Å². The summed E-state index contributed by atoms with van der Waals surface area (Å²) in [5, 5.41) is 11.2. The fourth-order valence-electron chi connectivity index (χ4n) is 0.564. The van der Waals surface area contributed by atoms with Crippen molar-refractivity contribution in [3.8, 4) is 0 Å². The lowest BCUT2D eigenvalue weighted by molar-refractivity contribution is -0.120. The third kappa shape index (κ3) is 3.97. The molecule has 0 radical (unpaired) electrons. The van der Waals surface area contributed by atoms with E-state index < -0.39 is 0 Å². The second-order valence-corrected chi connectivity index (χ2v) is 1.99. The molecule has 0 rings (SSSR count). The van der Waals surface area contributed by atoms with E-state index in [1.54, 1.807) is 0 Å². The molecule has 0 aromatic heterocycles. The van der Waals surface area contributed by atoms with Crippen LogP contribution in [0.1, 0.15) is 20.3 Å². The predicted octanol–water partition coefficient (Wildman–Crippen LogP) is -0.107. The van der Waals surface area contributed by atoms with Gasteiger partial charge in [0.05, 0.1) is 12.6 Å². The zero-order valence-electron chi connectivity index (χ0n) is 5.85. The Labute approximate surface area is 55.1 Å². The SMILES string of the molecule is CCC(CO)NC(C)=O. The van der Waals surface area contributed by atoms with Crippen molar-refractivity contribution in [1.82, 2.24) is 5.32 Å². The summed E-state index contributed by atoms with van der Waals surface area (Å²) in [6.45, 7) is 3.38. The van der Waals surface area contributed by atoms with Gasteiger partial charge in [-0.1, -0.05) is 6.92 Å². The Hall–Kier alpha value is -0.570. The molecule has 0 bridgehead atoms. The lowest BCUT2D eigenvalue weighted by Crippen LogP contribution is -2.35. The first-order valence-electron chi connectivity index (χ1n) is 3.08.